The van der Waals surface area contributed by atoms with Crippen LogP contribution in [0, 0.1) is 0 Å². The number of thiophene rings is 1. The quantitative estimate of drug-likeness (QED) is 0.231. The summed E-state index contributed by atoms with van der Waals surface area (Å²) in [7, 11) is -4.00. The first-order chi connectivity index (χ1) is 18.7. The standard InChI is InChI=1S/C27H24N2O7S3/c1-39(33,34)36-20-16-38-26-22(28-21(30)14-17-12-13-37-15-17)25(31)29(26)23(20)27(32)35-24(18-8-4-2-5-9-18)19-10-6-3-7-11-19/h2-13,15,22,24,26H,14,16H2,1H3,(H,28,30)/t22-,26-/m1/s1. The third kappa shape index (κ3) is 6.02. The first-order valence-electron chi connectivity index (χ1n) is 11.9. The number of nitrogens with zero attached hydrogens (tertiary/aromatic N) is 1. The monoisotopic (exact) mass is 584 g/mol. The molecule has 3 heterocycles. The molecule has 0 unspecified atom stereocenters. The van der Waals surface area contributed by atoms with Crippen molar-refractivity contribution in [1.82, 2.24) is 10.2 Å². The number of thioether (sulfide) groups is 1. The summed E-state index contributed by atoms with van der Waals surface area (Å²) in [6, 6.07) is 19.1. The van der Waals surface area contributed by atoms with E-state index in [9.17, 15) is 22.8 Å². The van der Waals surface area contributed by atoms with E-state index in [4.69, 9.17) is 8.92 Å². The van der Waals surface area contributed by atoms with Crippen molar-refractivity contribution in [3.05, 3.63) is 106 Å². The summed E-state index contributed by atoms with van der Waals surface area (Å²) < 4.78 is 35.1. The summed E-state index contributed by atoms with van der Waals surface area (Å²) in [5, 5.41) is 5.83. The summed E-state index contributed by atoms with van der Waals surface area (Å²) in [6.07, 6.45) is 0.160. The molecule has 39 heavy (non-hydrogen) atoms. The van der Waals surface area contributed by atoms with Gasteiger partial charge in [0.15, 0.2) is 17.6 Å². The Hall–Kier alpha value is -3.61. The zero-order valence-corrected chi connectivity index (χ0v) is 23.1. The lowest BCUT2D eigenvalue weighted by molar-refractivity contribution is -0.155. The van der Waals surface area contributed by atoms with Gasteiger partial charge in [0.05, 0.1) is 18.4 Å². The number of esters is 1. The van der Waals surface area contributed by atoms with E-state index in [1.54, 1.807) is 24.3 Å². The molecule has 0 saturated carbocycles. The molecule has 3 aromatic rings. The highest BCUT2D eigenvalue weighted by atomic mass is 32.2. The number of rotatable bonds is 9. The molecule has 1 N–H and O–H groups in total. The van der Waals surface area contributed by atoms with Crippen LogP contribution in [0.5, 0.6) is 0 Å². The van der Waals surface area contributed by atoms with Gasteiger partial charge in [-0.05, 0) is 33.5 Å². The fraction of sp³-hybridized carbons (Fsp3) is 0.222. The zero-order chi connectivity index (χ0) is 27.6. The molecule has 0 bridgehead atoms. The largest absolute Gasteiger partial charge is 0.448 e. The Morgan fingerprint density at radius 2 is 1.69 bits per heavy atom. The van der Waals surface area contributed by atoms with Crippen LogP contribution in [0.1, 0.15) is 22.8 Å². The van der Waals surface area contributed by atoms with Gasteiger partial charge >= 0.3 is 16.1 Å². The van der Waals surface area contributed by atoms with Gasteiger partial charge in [-0.1, -0.05) is 60.7 Å². The fourth-order valence-electron chi connectivity index (χ4n) is 4.38. The topological polar surface area (TPSA) is 119 Å². The molecule has 1 fully saturated rings. The molecule has 1 saturated heterocycles. The van der Waals surface area contributed by atoms with Crippen molar-refractivity contribution < 1.29 is 31.7 Å². The fourth-order valence-corrected chi connectivity index (χ4v) is 6.88. The SMILES string of the molecule is CS(=O)(=O)OC1=C(C(=O)OC(c2ccccc2)c2ccccc2)N2C(=O)[C@@H](NC(=O)Cc3ccsc3)[C@H]2SC1. The number of ether oxygens (including phenoxy) is 1. The van der Waals surface area contributed by atoms with Gasteiger partial charge < -0.3 is 14.2 Å². The molecule has 12 heteroatoms. The molecule has 2 atom stereocenters. The van der Waals surface area contributed by atoms with Crippen molar-refractivity contribution in [1.29, 1.82) is 0 Å². The number of β-lactam (4-membered cyclic amide) rings is 1. The van der Waals surface area contributed by atoms with Gasteiger partial charge in [-0.15, -0.1) is 11.8 Å². The number of amides is 2. The Morgan fingerprint density at radius 3 is 2.26 bits per heavy atom. The summed E-state index contributed by atoms with van der Waals surface area (Å²) in [6.45, 7) is 0. The molecule has 1 aromatic heterocycles. The van der Waals surface area contributed by atoms with Crippen LogP contribution in [0.3, 0.4) is 0 Å². The molecule has 5 rings (SSSR count). The molecule has 9 nitrogen and oxygen atoms in total. The number of fused-ring (bicyclic) bond motifs is 1. The molecule has 0 aliphatic carbocycles. The Balaban J connectivity index is 1.42. The van der Waals surface area contributed by atoms with Crippen molar-refractivity contribution in [2.75, 3.05) is 12.0 Å². The average Bonchev–Trinajstić information content (AvgIpc) is 3.43. The second-order valence-electron chi connectivity index (χ2n) is 8.93. The van der Waals surface area contributed by atoms with E-state index in [0.717, 1.165) is 16.7 Å². The van der Waals surface area contributed by atoms with Gasteiger partial charge in [0.2, 0.25) is 5.91 Å². The molecule has 2 amide bonds. The summed E-state index contributed by atoms with van der Waals surface area (Å²) >= 11 is 2.66. The van der Waals surface area contributed by atoms with Crippen LogP contribution < -0.4 is 5.32 Å². The van der Waals surface area contributed by atoms with Crippen molar-refractivity contribution in [3.63, 3.8) is 0 Å². The van der Waals surface area contributed by atoms with E-state index in [2.05, 4.69) is 5.32 Å². The molecule has 202 valence electrons. The molecule has 2 aliphatic rings. The van der Waals surface area contributed by atoms with E-state index >= 15 is 0 Å². The van der Waals surface area contributed by atoms with Gasteiger partial charge in [-0.3, -0.25) is 14.5 Å². The van der Waals surface area contributed by atoms with Crippen molar-refractivity contribution in [2.45, 2.75) is 23.9 Å². The smallest absolute Gasteiger partial charge is 0.359 e. The van der Waals surface area contributed by atoms with Crippen LogP contribution in [-0.4, -0.2) is 54.5 Å². The Bertz CT molecular complexity index is 1470. The molecular formula is C27H24N2O7S3. The normalized spacial score (nSPS) is 18.8. The van der Waals surface area contributed by atoms with Crippen molar-refractivity contribution in [2.24, 2.45) is 0 Å². The molecular weight excluding hydrogens is 561 g/mol. The summed E-state index contributed by atoms with van der Waals surface area (Å²) in [5.74, 6) is -1.99. The first-order valence-corrected chi connectivity index (χ1v) is 15.7. The maximum atomic E-state index is 13.7. The lowest BCUT2D eigenvalue weighted by atomic mass is 10.0. The third-order valence-corrected chi connectivity index (χ3v) is 8.56. The maximum Gasteiger partial charge on any atom is 0.359 e. The molecule has 2 aromatic carbocycles. The number of hydrogen-bond donors (Lipinski definition) is 1. The van der Waals surface area contributed by atoms with Crippen LogP contribution in [0.25, 0.3) is 0 Å². The van der Waals surface area contributed by atoms with Crippen molar-refractivity contribution in [3.8, 4) is 0 Å². The van der Waals surface area contributed by atoms with E-state index in [0.29, 0.717) is 11.1 Å². The van der Waals surface area contributed by atoms with E-state index in [-0.39, 0.29) is 29.5 Å². The number of carbonyl (C=O) groups excluding carboxylic acids is 3. The number of benzene rings is 2. The highest BCUT2D eigenvalue weighted by Gasteiger charge is 2.55. The Labute approximate surface area is 233 Å². The first kappa shape index (κ1) is 27.0. The van der Waals surface area contributed by atoms with Gasteiger partial charge in [0.1, 0.15) is 11.4 Å². The Kier molecular flexibility index (Phi) is 7.78. The predicted octanol–water partition coefficient (Wildman–Crippen LogP) is 3.21. The van der Waals surface area contributed by atoms with Gasteiger partial charge in [-0.2, -0.15) is 19.8 Å². The lowest BCUT2D eigenvalue weighted by Gasteiger charge is -2.49. The van der Waals surface area contributed by atoms with Crippen LogP contribution in [-0.2, 0) is 39.8 Å². The lowest BCUT2D eigenvalue weighted by Crippen LogP contribution is -2.70. The second-order valence-corrected chi connectivity index (χ2v) is 12.4. The van der Waals surface area contributed by atoms with Gasteiger partial charge in [0, 0.05) is 0 Å². The third-order valence-electron chi connectivity index (χ3n) is 6.07. The van der Waals surface area contributed by atoms with E-state index in [1.165, 1.54) is 23.1 Å². The minimum absolute atomic E-state index is 0.00973. The molecule has 0 spiro atoms. The second kappa shape index (κ2) is 11.2. The zero-order valence-electron chi connectivity index (χ0n) is 20.7. The summed E-state index contributed by atoms with van der Waals surface area (Å²) in [4.78, 5) is 40.6. The van der Waals surface area contributed by atoms with Crippen LogP contribution in [0.2, 0.25) is 0 Å². The minimum atomic E-state index is -4.00. The van der Waals surface area contributed by atoms with Crippen LogP contribution in [0.15, 0.2) is 88.9 Å². The molecule has 0 radical (unpaired) electrons. The van der Waals surface area contributed by atoms with Crippen LogP contribution in [0.4, 0.5) is 0 Å². The number of nitrogens with one attached hydrogen (secondary N) is 1. The van der Waals surface area contributed by atoms with Gasteiger partial charge in [0.25, 0.3) is 5.91 Å². The highest BCUT2D eigenvalue weighted by molar-refractivity contribution is 8.00. The predicted molar refractivity (Wildman–Crippen MR) is 147 cm³/mol. The number of carbonyl (C=O) groups is 3. The minimum Gasteiger partial charge on any atom is -0.448 e. The van der Waals surface area contributed by atoms with Gasteiger partial charge in [-0.25, -0.2) is 4.79 Å². The highest BCUT2D eigenvalue weighted by Crippen LogP contribution is 2.42. The summed E-state index contributed by atoms with van der Waals surface area (Å²) in [5.41, 5.74) is 1.93. The Morgan fingerprint density at radius 1 is 1.05 bits per heavy atom. The average molecular weight is 585 g/mol. The molecule has 2 aliphatic heterocycles. The van der Waals surface area contributed by atoms with Crippen molar-refractivity contribution >= 4 is 51.0 Å². The van der Waals surface area contributed by atoms with E-state index < -0.39 is 39.5 Å². The maximum absolute atomic E-state index is 13.7. The number of hydrogen-bond acceptors (Lipinski definition) is 9. The van der Waals surface area contributed by atoms with Crippen LogP contribution >= 0.6 is 23.1 Å². The van der Waals surface area contributed by atoms with E-state index in [1.807, 2.05) is 53.2 Å².